The van der Waals surface area contributed by atoms with E-state index in [0.29, 0.717) is 22.7 Å². The highest BCUT2D eigenvalue weighted by Crippen LogP contribution is 2.25. The number of benzene rings is 3. The van der Waals surface area contributed by atoms with E-state index < -0.39 is 16.9 Å². The number of nitrogens with zero attached hydrogens (tertiary/aromatic N) is 2. The molecule has 0 fully saturated rings. The van der Waals surface area contributed by atoms with E-state index in [1.165, 1.54) is 18.2 Å². The van der Waals surface area contributed by atoms with Gasteiger partial charge in [0.25, 0.3) is 11.6 Å². The van der Waals surface area contributed by atoms with Gasteiger partial charge in [-0.1, -0.05) is 18.2 Å². The van der Waals surface area contributed by atoms with E-state index in [1.807, 2.05) is 18.2 Å². The summed E-state index contributed by atoms with van der Waals surface area (Å²) in [7, 11) is 3.50. The Morgan fingerprint density at radius 1 is 0.806 bits per heavy atom. The predicted octanol–water partition coefficient (Wildman–Crippen LogP) is 4.56. The molecule has 0 aromatic heterocycles. The van der Waals surface area contributed by atoms with Crippen LogP contribution in [0.1, 0.15) is 10.4 Å². The fourth-order valence-corrected chi connectivity index (χ4v) is 2.86. The van der Waals surface area contributed by atoms with Crippen LogP contribution in [0.2, 0.25) is 0 Å². The van der Waals surface area contributed by atoms with Crippen molar-refractivity contribution in [3.05, 3.63) is 88.5 Å². The summed E-state index contributed by atoms with van der Waals surface area (Å²) < 4.78 is 0. The van der Waals surface area contributed by atoms with Crippen molar-refractivity contribution in [1.29, 1.82) is 0 Å². The normalized spacial score (nSPS) is 10.1. The molecular formula is C22H21N5O4. The highest BCUT2D eigenvalue weighted by atomic mass is 16.6. The van der Waals surface area contributed by atoms with E-state index in [-0.39, 0.29) is 11.3 Å². The number of nitro benzene ring substituents is 1. The monoisotopic (exact) mass is 419 g/mol. The van der Waals surface area contributed by atoms with Gasteiger partial charge in [0, 0.05) is 49.0 Å². The summed E-state index contributed by atoms with van der Waals surface area (Å²) in [4.78, 5) is 37.0. The lowest BCUT2D eigenvalue weighted by Gasteiger charge is -2.17. The molecule has 0 aliphatic carbocycles. The number of carbonyl (C=O) groups excluding carboxylic acids is 2. The largest absolute Gasteiger partial charge is 0.377 e. The number of nitrogens with one attached hydrogen (secondary N) is 3. The standard InChI is InChI=1S/C22H21N5O4/c1-26(2)20-13-12-18(27(30)31)14-19(20)21(28)23-16-8-10-17(11-9-16)25-22(29)24-15-6-4-3-5-7-15/h3-14H,1-2H3,(H,23,28)(H2,24,25,29). The second kappa shape index (κ2) is 9.40. The van der Waals surface area contributed by atoms with E-state index in [2.05, 4.69) is 16.0 Å². The number of carbonyl (C=O) groups is 2. The number of urea groups is 1. The minimum absolute atomic E-state index is 0.167. The van der Waals surface area contributed by atoms with Crippen molar-refractivity contribution in [3.63, 3.8) is 0 Å². The minimum atomic E-state index is -0.544. The lowest BCUT2D eigenvalue weighted by molar-refractivity contribution is -0.384. The molecule has 0 radical (unpaired) electrons. The summed E-state index contributed by atoms with van der Waals surface area (Å²) in [5.74, 6) is -0.477. The molecule has 158 valence electrons. The molecule has 0 aliphatic rings. The minimum Gasteiger partial charge on any atom is -0.377 e. The van der Waals surface area contributed by atoms with Gasteiger partial charge in [-0.25, -0.2) is 4.79 Å². The zero-order valence-electron chi connectivity index (χ0n) is 17.0. The molecule has 3 aromatic rings. The molecule has 3 amide bonds. The molecule has 0 heterocycles. The average Bonchev–Trinajstić information content (AvgIpc) is 2.75. The molecular weight excluding hydrogens is 398 g/mol. The van der Waals surface area contributed by atoms with Crippen molar-refractivity contribution < 1.29 is 14.5 Å². The molecule has 3 aromatic carbocycles. The summed E-state index contributed by atoms with van der Waals surface area (Å²) in [6, 6.07) is 19.3. The summed E-state index contributed by atoms with van der Waals surface area (Å²) >= 11 is 0. The molecule has 0 atom stereocenters. The third-order valence-corrected chi connectivity index (χ3v) is 4.35. The van der Waals surface area contributed by atoms with Crippen LogP contribution in [-0.2, 0) is 0 Å². The van der Waals surface area contributed by atoms with Crippen LogP contribution in [0.5, 0.6) is 0 Å². The van der Waals surface area contributed by atoms with Crippen LogP contribution in [0.3, 0.4) is 0 Å². The van der Waals surface area contributed by atoms with Crippen LogP contribution in [0, 0.1) is 10.1 Å². The molecule has 31 heavy (non-hydrogen) atoms. The van der Waals surface area contributed by atoms with Crippen LogP contribution in [0.15, 0.2) is 72.8 Å². The maximum absolute atomic E-state index is 12.7. The fraction of sp³-hybridized carbons (Fsp3) is 0.0909. The summed E-state index contributed by atoms with van der Waals surface area (Å²) in [6.07, 6.45) is 0. The second-order valence-electron chi connectivity index (χ2n) is 6.83. The Morgan fingerprint density at radius 2 is 1.35 bits per heavy atom. The Kier molecular flexibility index (Phi) is 6.46. The highest BCUT2D eigenvalue weighted by molar-refractivity contribution is 6.08. The molecule has 0 saturated carbocycles. The quantitative estimate of drug-likeness (QED) is 0.400. The molecule has 9 heteroatoms. The third kappa shape index (κ3) is 5.57. The van der Waals surface area contributed by atoms with Crippen LogP contribution >= 0.6 is 0 Å². The van der Waals surface area contributed by atoms with Gasteiger partial charge in [-0.3, -0.25) is 14.9 Å². The Morgan fingerprint density at radius 3 is 1.90 bits per heavy atom. The Hall–Kier alpha value is -4.40. The predicted molar refractivity (Wildman–Crippen MR) is 121 cm³/mol. The van der Waals surface area contributed by atoms with Gasteiger partial charge in [0.15, 0.2) is 0 Å². The number of nitro groups is 1. The van der Waals surface area contributed by atoms with Gasteiger partial charge in [-0.05, 0) is 42.5 Å². The van der Waals surface area contributed by atoms with Gasteiger partial charge in [-0.2, -0.15) is 0 Å². The van der Waals surface area contributed by atoms with Crippen molar-refractivity contribution in [2.45, 2.75) is 0 Å². The highest BCUT2D eigenvalue weighted by Gasteiger charge is 2.18. The Bertz CT molecular complexity index is 1100. The summed E-state index contributed by atoms with van der Waals surface area (Å²) in [5.41, 5.74) is 2.26. The molecule has 3 N–H and O–H groups in total. The van der Waals surface area contributed by atoms with Crippen molar-refractivity contribution in [2.75, 3.05) is 34.9 Å². The smallest absolute Gasteiger partial charge is 0.323 e. The molecule has 0 unspecified atom stereocenters. The number of hydrogen-bond donors (Lipinski definition) is 3. The summed E-state index contributed by atoms with van der Waals surface area (Å²) in [5, 5.41) is 19.2. The maximum Gasteiger partial charge on any atom is 0.323 e. The first-order valence-electron chi connectivity index (χ1n) is 9.34. The van der Waals surface area contributed by atoms with Gasteiger partial charge in [0.1, 0.15) is 0 Å². The van der Waals surface area contributed by atoms with Crippen molar-refractivity contribution in [1.82, 2.24) is 0 Å². The van der Waals surface area contributed by atoms with Gasteiger partial charge in [-0.15, -0.1) is 0 Å². The molecule has 0 spiro atoms. The number of amides is 3. The zero-order valence-corrected chi connectivity index (χ0v) is 17.0. The van der Waals surface area contributed by atoms with Crippen LogP contribution in [0.25, 0.3) is 0 Å². The number of anilines is 4. The van der Waals surface area contributed by atoms with Crippen molar-refractivity contribution in [2.24, 2.45) is 0 Å². The van der Waals surface area contributed by atoms with Gasteiger partial charge >= 0.3 is 6.03 Å². The first kappa shape index (κ1) is 21.3. The number of para-hydroxylation sites is 1. The molecule has 9 nitrogen and oxygen atoms in total. The lowest BCUT2D eigenvalue weighted by Crippen LogP contribution is -2.20. The third-order valence-electron chi connectivity index (χ3n) is 4.35. The van der Waals surface area contributed by atoms with Crippen LogP contribution in [-0.4, -0.2) is 31.0 Å². The Labute approximate surface area is 178 Å². The van der Waals surface area contributed by atoms with E-state index in [4.69, 9.17) is 0 Å². The Balaban J connectivity index is 1.68. The number of non-ortho nitro benzene ring substituents is 1. The second-order valence-corrected chi connectivity index (χ2v) is 6.83. The van der Waals surface area contributed by atoms with E-state index in [0.717, 1.165) is 0 Å². The van der Waals surface area contributed by atoms with E-state index >= 15 is 0 Å². The molecule has 0 bridgehead atoms. The van der Waals surface area contributed by atoms with Crippen molar-refractivity contribution >= 4 is 40.4 Å². The first-order valence-corrected chi connectivity index (χ1v) is 9.34. The molecule has 0 aliphatic heterocycles. The lowest BCUT2D eigenvalue weighted by atomic mass is 10.1. The zero-order chi connectivity index (χ0) is 22.4. The number of rotatable bonds is 6. The van der Waals surface area contributed by atoms with Gasteiger partial charge in [0.05, 0.1) is 10.5 Å². The fourth-order valence-electron chi connectivity index (χ4n) is 2.86. The van der Waals surface area contributed by atoms with Crippen LogP contribution < -0.4 is 20.9 Å². The SMILES string of the molecule is CN(C)c1ccc([N+](=O)[O-])cc1C(=O)Nc1ccc(NC(=O)Nc2ccccc2)cc1. The van der Waals surface area contributed by atoms with Gasteiger partial charge in [0.2, 0.25) is 0 Å². The maximum atomic E-state index is 12.7. The van der Waals surface area contributed by atoms with E-state index in [1.54, 1.807) is 55.4 Å². The number of hydrogen-bond acceptors (Lipinski definition) is 5. The average molecular weight is 419 g/mol. The van der Waals surface area contributed by atoms with E-state index in [9.17, 15) is 19.7 Å². The first-order chi connectivity index (χ1) is 14.8. The van der Waals surface area contributed by atoms with Crippen LogP contribution in [0.4, 0.5) is 33.2 Å². The topological polar surface area (TPSA) is 117 Å². The van der Waals surface area contributed by atoms with Crippen molar-refractivity contribution in [3.8, 4) is 0 Å². The molecule has 0 saturated heterocycles. The summed E-state index contributed by atoms with van der Waals surface area (Å²) in [6.45, 7) is 0. The molecule has 3 rings (SSSR count). The van der Waals surface area contributed by atoms with Gasteiger partial charge < -0.3 is 20.9 Å².